The molecule has 0 saturated heterocycles. The summed E-state index contributed by atoms with van der Waals surface area (Å²) in [7, 11) is 1.88. The van der Waals surface area contributed by atoms with Crippen molar-refractivity contribution in [3.8, 4) is 0 Å². The van der Waals surface area contributed by atoms with Gasteiger partial charge in [-0.25, -0.2) is 0 Å². The van der Waals surface area contributed by atoms with Crippen LogP contribution < -0.4 is 5.32 Å². The number of carbonyl (C=O) groups is 1. The predicted molar refractivity (Wildman–Crippen MR) is 60.7 cm³/mol. The molecular formula is C12H23NO2. The summed E-state index contributed by atoms with van der Waals surface area (Å²) in [5.41, 5.74) is -0.414. The average Bonchev–Trinajstić information content (AvgIpc) is 2.29. The Hall–Kier alpha value is -0.570. The van der Waals surface area contributed by atoms with E-state index >= 15 is 0 Å². The molecule has 1 aliphatic rings. The minimum absolute atomic E-state index is 0.0564. The molecular weight excluding hydrogens is 190 g/mol. The summed E-state index contributed by atoms with van der Waals surface area (Å²) in [6, 6.07) is 0. The summed E-state index contributed by atoms with van der Waals surface area (Å²) in [6.45, 7) is 4.49. The fourth-order valence-corrected chi connectivity index (χ4v) is 2.76. The van der Waals surface area contributed by atoms with Crippen molar-refractivity contribution in [2.45, 2.75) is 51.5 Å². The lowest BCUT2D eigenvalue weighted by Gasteiger charge is -2.41. The molecule has 3 nitrogen and oxygen atoms in total. The van der Waals surface area contributed by atoms with Gasteiger partial charge in [-0.05, 0) is 32.7 Å². The Morgan fingerprint density at radius 3 is 2.73 bits per heavy atom. The van der Waals surface area contributed by atoms with Crippen LogP contribution in [0.5, 0.6) is 0 Å². The average molecular weight is 213 g/mol. The Morgan fingerprint density at radius 1 is 1.47 bits per heavy atom. The summed E-state index contributed by atoms with van der Waals surface area (Å²) in [5, 5.41) is 3.23. The predicted octanol–water partition coefficient (Wildman–Crippen LogP) is 2.11. The molecule has 1 N–H and O–H groups in total. The Balaban J connectivity index is 2.82. The van der Waals surface area contributed by atoms with Crippen molar-refractivity contribution in [3.05, 3.63) is 0 Å². The van der Waals surface area contributed by atoms with Gasteiger partial charge in [-0.2, -0.15) is 0 Å². The monoisotopic (exact) mass is 213 g/mol. The molecule has 1 fully saturated rings. The molecule has 0 aliphatic heterocycles. The highest BCUT2D eigenvalue weighted by Gasteiger charge is 2.46. The van der Waals surface area contributed by atoms with Gasteiger partial charge in [0, 0.05) is 0 Å². The van der Waals surface area contributed by atoms with Gasteiger partial charge in [-0.15, -0.1) is 0 Å². The fourth-order valence-electron chi connectivity index (χ4n) is 2.76. The first-order valence-corrected chi connectivity index (χ1v) is 6.07. The van der Waals surface area contributed by atoms with E-state index in [1.807, 2.05) is 14.0 Å². The molecule has 0 heterocycles. The van der Waals surface area contributed by atoms with Gasteiger partial charge >= 0.3 is 5.97 Å². The van der Waals surface area contributed by atoms with E-state index in [-0.39, 0.29) is 5.97 Å². The maximum Gasteiger partial charge on any atom is 0.326 e. The molecule has 2 atom stereocenters. The zero-order chi connectivity index (χ0) is 11.3. The Bertz CT molecular complexity index is 218. The largest absolute Gasteiger partial charge is 0.465 e. The molecule has 88 valence electrons. The van der Waals surface area contributed by atoms with Gasteiger partial charge in [-0.3, -0.25) is 4.79 Å². The summed E-state index contributed by atoms with van der Waals surface area (Å²) in [5.74, 6) is 0.370. The minimum Gasteiger partial charge on any atom is -0.465 e. The van der Waals surface area contributed by atoms with Crippen molar-refractivity contribution in [2.24, 2.45) is 5.92 Å². The number of rotatable bonds is 4. The molecule has 0 amide bonds. The van der Waals surface area contributed by atoms with Crippen LogP contribution >= 0.6 is 0 Å². The highest BCUT2D eigenvalue weighted by molar-refractivity contribution is 5.81. The molecule has 0 bridgehead atoms. The molecule has 2 unspecified atom stereocenters. The lowest BCUT2D eigenvalue weighted by atomic mass is 9.71. The Kier molecular flexibility index (Phi) is 4.58. The van der Waals surface area contributed by atoms with Crippen LogP contribution in [0.1, 0.15) is 46.0 Å². The first-order chi connectivity index (χ1) is 7.21. The van der Waals surface area contributed by atoms with Gasteiger partial charge in [0.2, 0.25) is 0 Å². The van der Waals surface area contributed by atoms with E-state index in [1.54, 1.807) is 0 Å². The zero-order valence-corrected chi connectivity index (χ0v) is 10.1. The van der Waals surface area contributed by atoms with Crippen LogP contribution in [-0.4, -0.2) is 25.2 Å². The second-order valence-corrected chi connectivity index (χ2v) is 4.29. The van der Waals surface area contributed by atoms with E-state index in [1.165, 1.54) is 6.42 Å². The van der Waals surface area contributed by atoms with E-state index in [9.17, 15) is 4.79 Å². The van der Waals surface area contributed by atoms with Crippen molar-refractivity contribution in [2.75, 3.05) is 13.7 Å². The van der Waals surface area contributed by atoms with Gasteiger partial charge in [0.05, 0.1) is 6.61 Å². The third kappa shape index (κ3) is 2.33. The molecule has 1 aliphatic carbocycles. The van der Waals surface area contributed by atoms with Crippen LogP contribution in [0.4, 0.5) is 0 Å². The number of carbonyl (C=O) groups excluding carboxylic acids is 1. The summed E-state index contributed by atoms with van der Waals surface area (Å²) >= 11 is 0. The maximum atomic E-state index is 12.0. The van der Waals surface area contributed by atoms with E-state index < -0.39 is 5.54 Å². The van der Waals surface area contributed by atoms with Crippen LogP contribution in [0.3, 0.4) is 0 Å². The SMILES string of the molecule is CCOC(=O)C1(NC)CCCCC1CC. The first kappa shape index (κ1) is 12.5. The summed E-state index contributed by atoms with van der Waals surface area (Å²) in [6.07, 6.45) is 5.45. The van der Waals surface area contributed by atoms with E-state index in [0.717, 1.165) is 25.7 Å². The van der Waals surface area contributed by atoms with E-state index in [0.29, 0.717) is 12.5 Å². The first-order valence-electron chi connectivity index (χ1n) is 6.07. The standard InChI is InChI=1S/C12H23NO2/c1-4-10-8-6-7-9-12(10,13-3)11(14)15-5-2/h10,13H,4-9H2,1-3H3. The van der Waals surface area contributed by atoms with Crippen molar-refractivity contribution < 1.29 is 9.53 Å². The maximum absolute atomic E-state index is 12.0. The summed E-state index contributed by atoms with van der Waals surface area (Å²) in [4.78, 5) is 12.0. The van der Waals surface area contributed by atoms with Crippen molar-refractivity contribution >= 4 is 5.97 Å². The fraction of sp³-hybridized carbons (Fsp3) is 0.917. The van der Waals surface area contributed by atoms with E-state index in [2.05, 4.69) is 12.2 Å². The highest BCUT2D eigenvalue weighted by atomic mass is 16.5. The van der Waals surface area contributed by atoms with Crippen LogP contribution in [-0.2, 0) is 9.53 Å². The molecule has 0 aromatic heterocycles. The molecule has 3 heteroatoms. The van der Waals surface area contributed by atoms with Crippen molar-refractivity contribution in [3.63, 3.8) is 0 Å². The molecule has 1 rings (SSSR count). The minimum atomic E-state index is -0.414. The normalized spacial score (nSPS) is 31.3. The number of nitrogens with one attached hydrogen (secondary N) is 1. The van der Waals surface area contributed by atoms with Crippen molar-refractivity contribution in [1.82, 2.24) is 5.32 Å². The van der Waals surface area contributed by atoms with Crippen molar-refractivity contribution in [1.29, 1.82) is 0 Å². The Morgan fingerprint density at radius 2 is 2.20 bits per heavy atom. The van der Waals surface area contributed by atoms with Gasteiger partial charge in [0.25, 0.3) is 0 Å². The van der Waals surface area contributed by atoms with Gasteiger partial charge in [0.1, 0.15) is 5.54 Å². The second kappa shape index (κ2) is 5.50. The zero-order valence-electron chi connectivity index (χ0n) is 10.1. The number of likely N-dealkylation sites (N-methyl/N-ethyl adjacent to an activating group) is 1. The quantitative estimate of drug-likeness (QED) is 0.727. The number of hydrogen-bond acceptors (Lipinski definition) is 3. The van der Waals surface area contributed by atoms with Gasteiger partial charge in [-0.1, -0.05) is 26.2 Å². The van der Waals surface area contributed by atoms with Gasteiger partial charge < -0.3 is 10.1 Å². The Labute approximate surface area is 92.6 Å². The molecule has 0 aromatic carbocycles. The summed E-state index contributed by atoms with van der Waals surface area (Å²) < 4.78 is 5.21. The molecule has 0 aromatic rings. The highest BCUT2D eigenvalue weighted by Crippen LogP contribution is 2.36. The molecule has 15 heavy (non-hydrogen) atoms. The van der Waals surface area contributed by atoms with Crippen LogP contribution in [0.15, 0.2) is 0 Å². The smallest absolute Gasteiger partial charge is 0.326 e. The molecule has 1 saturated carbocycles. The second-order valence-electron chi connectivity index (χ2n) is 4.29. The number of ether oxygens (including phenoxy) is 1. The van der Waals surface area contributed by atoms with Gasteiger partial charge in [0.15, 0.2) is 0 Å². The third-order valence-electron chi connectivity index (χ3n) is 3.65. The number of esters is 1. The lowest BCUT2D eigenvalue weighted by Crippen LogP contribution is -2.58. The van der Waals surface area contributed by atoms with Crippen LogP contribution in [0.2, 0.25) is 0 Å². The topological polar surface area (TPSA) is 38.3 Å². The molecule has 0 radical (unpaired) electrons. The number of hydrogen-bond donors (Lipinski definition) is 1. The van der Waals surface area contributed by atoms with E-state index in [4.69, 9.17) is 4.74 Å². The lowest BCUT2D eigenvalue weighted by molar-refractivity contribution is -0.155. The molecule has 0 spiro atoms. The van der Waals surface area contributed by atoms with Crippen LogP contribution in [0.25, 0.3) is 0 Å². The van der Waals surface area contributed by atoms with Crippen LogP contribution in [0, 0.1) is 5.92 Å². The third-order valence-corrected chi connectivity index (χ3v) is 3.65.